The first-order valence-electron chi connectivity index (χ1n) is 9.49. The molecule has 1 N–H and O–H groups in total. The molecular formula is C22H20N4O3S. The average Bonchev–Trinajstić information content (AvgIpc) is 3.23. The summed E-state index contributed by atoms with van der Waals surface area (Å²) in [4.78, 5) is 43.2. The van der Waals surface area contributed by atoms with E-state index in [0.29, 0.717) is 28.1 Å². The number of aromatic nitrogens is 3. The fourth-order valence-corrected chi connectivity index (χ4v) is 4.28. The van der Waals surface area contributed by atoms with Crippen LogP contribution in [0.5, 0.6) is 0 Å². The Hall–Kier alpha value is -3.52. The summed E-state index contributed by atoms with van der Waals surface area (Å²) in [7, 11) is 1.62. The molecule has 0 radical (unpaired) electrons. The number of hydrogen-bond donors (Lipinski definition) is 1. The van der Waals surface area contributed by atoms with Gasteiger partial charge in [-0.05, 0) is 35.7 Å². The predicted octanol–water partition coefficient (Wildman–Crippen LogP) is 2.18. The summed E-state index contributed by atoms with van der Waals surface area (Å²) in [6.07, 6.45) is 4.11. The molecule has 0 atom stereocenters. The van der Waals surface area contributed by atoms with Crippen LogP contribution in [0.3, 0.4) is 0 Å². The molecule has 1 aromatic carbocycles. The van der Waals surface area contributed by atoms with Gasteiger partial charge in [0.15, 0.2) is 0 Å². The van der Waals surface area contributed by atoms with Gasteiger partial charge in [0.1, 0.15) is 4.83 Å². The van der Waals surface area contributed by atoms with Gasteiger partial charge in [0.25, 0.3) is 11.5 Å². The Kier molecular flexibility index (Phi) is 5.58. The molecule has 0 aliphatic heterocycles. The molecular weight excluding hydrogens is 400 g/mol. The highest BCUT2D eigenvalue weighted by atomic mass is 32.1. The van der Waals surface area contributed by atoms with E-state index in [2.05, 4.69) is 10.3 Å². The molecule has 3 aromatic heterocycles. The highest BCUT2D eigenvalue weighted by molar-refractivity contribution is 7.20. The number of nitrogens with one attached hydrogen (secondary N) is 1. The first kappa shape index (κ1) is 19.8. The summed E-state index contributed by atoms with van der Waals surface area (Å²) in [6, 6.07) is 14.7. The largest absolute Gasteiger partial charge is 0.351 e. The van der Waals surface area contributed by atoms with Crippen LogP contribution in [0.15, 0.2) is 70.5 Å². The third-order valence-corrected chi connectivity index (χ3v) is 6.08. The van der Waals surface area contributed by atoms with Crippen LogP contribution < -0.4 is 16.6 Å². The summed E-state index contributed by atoms with van der Waals surface area (Å²) in [5, 5.41) is 3.24. The first-order valence-corrected chi connectivity index (χ1v) is 10.3. The van der Waals surface area contributed by atoms with Crippen molar-refractivity contribution in [2.24, 2.45) is 7.05 Å². The van der Waals surface area contributed by atoms with E-state index in [-0.39, 0.29) is 18.0 Å². The summed E-state index contributed by atoms with van der Waals surface area (Å²) < 4.78 is 2.63. The molecule has 0 aliphatic rings. The Bertz CT molecular complexity index is 1310. The van der Waals surface area contributed by atoms with Crippen LogP contribution in [0.25, 0.3) is 10.2 Å². The Labute approximate surface area is 176 Å². The topological polar surface area (TPSA) is 86.0 Å². The van der Waals surface area contributed by atoms with Gasteiger partial charge in [0.05, 0.1) is 16.8 Å². The molecule has 0 aliphatic carbocycles. The van der Waals surface area contributed by atoms with E-state index in [1.54, 1.807) is 25.5 Å². The van der Waals surface area contributed by atoms with Crippen LogP contribution in [0, 0.1) is 0 Å². The van der Waals surface area contributed by atoms with E-state index in [4.69, 9.17) is 0 Å². The lowest BCUT2D eigenvalue weighted by Crippen LogP contribution is -2.38. The van der Waals surface area contributed by atoms with E-state index < -0.39 is 5.69 Å². The SMILES string of the molecule is Cn1c(=O)n(Cc2ccccc2)c(=O)c2cc(C(=O)NCCc3ccncc3)sc21. The van der Waals surface area contributed by atoms with Crippen molar-refractivity contribution in [2.45, 2.75) is 13.0 Å². The maximum Gasteiger partial charge on any atom is 0.332 e. The Balaban J connectivity index is 1.59. The van der Waals surface area contributed by atoms with E-state index in [1.807, 2.05) is 42.5 Å². The molecule has 0 unspecified atom stereocenters. The minimum absolute atomic E-state index is 0.186. The molecule has 7 nitrogen and oxygen atoms in total. The number of fused-ring (bicyclic) bond motifs is 1. The number of thiophene rings is 1. The second-order valence-electron chi connectivity index (χ2n) is 6.91. The van der Waals surface area contributed by atoms with Gasteiger partial charge in [-0.1, -0.05) is 30.3 Å². The number of carbonyl (C=O) groups excluding carboxylic acids is 1. The van der Waals surface area contributed by atoms with Crippen molar-refractivity contribution < 1.29 is 4.79 Å². The van der Waals surface area contributed by atoms with Crippen LogP contribution in [0.2, 0.25) is 0 Å². The smallest absolute Gasteiger partial charge is 0.332 e. The molecule has 30 heavy (non-hydrogen) atoms. The van der Waals surface area contributed by atoms with Crippen molar-refractivity contribution in [3.8, 4) is 0 Å². The molecule has 0 saturated carbocycles. The van der Waals surface area contributed by atoms with Gasteiger partial charge in [-0.3, -0.25) is 23.7 Å². The molecule has 0 saturated heterocycles. The molecule has 4 rings (SSSR count). The quantitative estimate of drug-likeness (QED) is 0.518. The van der Waals surface area contributed by atoms with Gasteiger partial charge in [-0.2, -0.15) is 0 Å². The first-order chi connectivity index (χ1) is 14.5. The van der Waals surface area contributed by atoms with E-state index >= 15 is 0 Å². The highest BCUT2D eigenvalue weighted by Crippen LogP contribution is 2.21. The maximum atomic E-state index is 13.0. The number of benzene rings is 1. The number of carbonyl (C=O) groups is 1. The molecule has 152 valence electrons. The zero-order chi connectivity index (χ0) is 21.1. The summed E-state index contributed by atoms with van der Waals surface area (Å²) in [6.45, 7) is 0.653. The van der Waals surface area contributed by atoms with Gasteiger partial charge in [-0.25, -0.2) is 4.79 Å². The standard InChI is InChI=1S/C22H20N4O3S/c1-25-21-17(20(28)26(22(25)29)14-16-5-3-2-4-6-16)13-18(30-21)19(27)24-12-9-15-7-10-23-11-8-15/h2-8,10-11,13H,9,12,14H2,1H3,(H,24,27). The van der Waals surface area contributed by atoms with Gasteiger partial charge >= 0.3 is 5.69 Å². The second kappa shape index (κ2) is 8.46. The van der Waals surface area contributed by atoms with E-state index in [9.17, 15) is 14.4 Å². The molecule has 0 bridgehead atoms. The number of rotatable bonds is 6. The van der Waals surface area contributed by atoms with Gasteiger partial charge in [0, 0.05) is 26.0 Å². The normalized spacial score (nSPS) is 11.0. The highest BCUT2D eigenvalue weighted by Gasteiger charge is 2.17. The summed E-state index contributed by atoms with van der Waals surface area (Å²) >= 11 is 1.15. The van der Waals surface area contributed by atoms with Gasteiger partial charge in [0.2, 0.25) is 0 Å². The second-order valence-corrected chi connectivity index (χ2v) is 7.94. The van der Waals surface area contributed by atoms with Crippen molar-refractivity contribution in [1.82, 2.24) is 19.4 Å². The van der Waals surface area contributed by atoms with Crippen LogP contribution in [-0.4, -0.2) is 26.6 Å². The molecule has 8 heteroatoms. The lowest BCUT2D eigenvalue weighted by molar-refractivity contribution is 0.0958. The lowest BCUT2D eigenvalue weighted by Gasteiger charge is -2.08. The molecule has 4 aromatic rings. The monoisotopic (exact) mass is 420 g/mol. The molecule has 0 spiro atoms. The van der Waals surface area contributed by atoms with Crippen LogP contribution >= 0.6 is 11.3 Å². The van der Waals surface area contributed by atoms with E-state index in [1.165, 1.54) is 9.13 Å². The van der Waals surface area contributed by atoms with Crippen molar-refractivity contribution in [3.63, 3.8) is 0 Å². The van der Waals surface area contributed by atoms with Crippen molar-refractivity contribution in [2.75, 3.05) is 6.54 Å². The van der Waals surface area contributed by atoms with Crippen molar-refractivity contribution in [1.29, 1.82) is 0 Å². The van der Waals surface area contributed by atoms with Gasteiger partial charge < -0.3 is 5.32 Å². The fraction of sp³-hybridized carbons (Fsp3) is 0.182. The third-order valence-electron chi connectivity index (χ3n) is 4.87. The summed E-state index contributed by atoms with van der Waals surface area (Å²) in [5.41, 5.74) is 1.15. The van der Waals surface area contributed by atoms with Crippen molar-refractivity contribution in [3.05, 3.63) is 97.8 Å². The number of aryl methyl sites for hydroxylation is 1. The lowest BCUT2D eigenvalue weighted by atomic mass is 10.2. The zero-order valence-corrected chi connectivity index (χ0v) is 17.2. The Morgan fingerprint density at radius 2 is 1.80 bits per heavy atom. The van der Waals surface area contributed by atoms with E-state index in [0.717, 1.165) is 22.5 Å². The predicted molar refractivity (Wildman–Crippen MR) is 117 cm³/mol. The molecule has 1 amide bonds. The van der Waals surface area contributed by atoms with Crippen LogP contribution in [-0.2, 0) is 20.0 Å². The van der Waals surface area contributed by atoms with Crippen LogP contribution in [0.1, 0.15) is 20.8 Å². The molecule has 3 heterocycles. The van der Waals surface area contributed by atoms with Gasteiger partial charge in [-0.15, -0.1) is 11.3 Å². The summed E-state index contributed by atoms with van der Waals surface area (Å²) in [5.74, 6) is -0.258. The average molecular weight is 420 g/mol. The number of pyridine rings is 1. The number of hydrogen-bond acceptors (Lipinski definition) is 5. The Morgan fingerprint density at radius 1 is 1.07 bits per heavy atom. The number of amides is 1. The zero-order valence-electron chi connectivity index (χ0n) is 16.4. The number of nitrogens with zero attached hydrogens (tertiary/aromatic N) is 3. The molecule has 0 fully saturated rings. The fourth-order valence-electron chi connectivity index (χ4n) is 3.26. The minimum Gasteiger partial charge on any atom is -0.351 e. The van der Waals surface area contributed by atoms with Crippen molar-refractivity contribution >= 4 is 27.5 Å². The Morgan fingerprint density at radius 3 is 2.53 bits per heavy atom. The maximum absolute atomic E-state index is 13.0. The third kappa shape index (κ3) is 3.95. The minimum atomic E-state index is -0.400. The van der Waals surface area contributed by atoms with Crippen LogP contribution in [0.4, 0.5) is 0 Å².